The van der Waals surface area contributed by atoms with Crippen molar-refractivity contribution in [3.8, 4) is 0 Å². The van der Waals surface area contributed by atoms with Crippen LogP contribution in [0.2, 0.25) is 0 Å². The molecular weight excluding hydrogens is 330 g/mol. The number of nitrogens with zero attached hydrogens (tertiary/aromatic N) is 1. The van der Waals surface area contributed by atoms with Crippen molar-refractivity contribution in [2.24, 2.45) is 11.8 Å². The zero-order valence-electron chi connectivity index (χ0n) is 17.6. The number of esters is 1. The second kappa shape index (κ2) is 9.72. The van der Waals surface area contributed by atoms with Gasteiger partial charge >= 0.3 is 11.9 Å². The van der Waals surface area contributed by atoms with Crippen LogP contribution in [0.4, 0.5) is 0 Å². The number of aliphatic carboxylic acids is 1. The number of ether oxygens (including phenoxy) is 1. The first-order chi connectivity index (χ1) is 12.0. The summed E-state index contributed by atoms with van der Waals surface area (Å²) in [7, 11) is 3.67. The Morgan fingerprint density at radius 2 is 1.54 bits per heavy atom. The van der Waals surface area contributed by atoms with Crippen LogP contribution in [-0.2, 0) is 14.3 Å². The molecule has 0 amide bonds. The summed E-state index contributed by atoms with van der Waals surface area (Å²) in [6.45, 7) is 9.05. The van der Waals surface area contributed by atoms with Gasteiger partial charge in [-0.3, -0.25) is 14.5 Å². The molecule has 1 atom stereocenters. The van der Waals surface area contributed by atoms with E-state index in [9.17, 15) is 9.59 Å². The van der Waals surface area contributed by atoms with Crippen LogP contribution < -0.4 is 0 Å². The number of hydrogen-bond donors (Lipinski definition) is 1. The summed E-state index contributed by atoms with van der Waals surface area (Å²) in [5.74, 6) is -0.484. The average molecular weight is 370 g/mol. The van der Waals surface area contributed by atoms with Crippen LogP contribution in [0.1, 0.15) is 85.5 Å². The van der Waals surface area contributed by atoms with Gasteiger partial charge in [0.05, 0.1) is 13.0 Å². The number of likely N-dealkylation sites (tertiary alicyclic amines) is 1. The maximum Gasteiger partial charge on any atom is 0.308 e. The number of rotatable bonds is 10. The molecule has 1 heterocycles. The van der Waals surface area contributed by atoms with Gasteiger partial charge in [0.25, 0.3) is 0 Å². The molecular formula is C21H39NO4. The minimum absolute atomic E-state index is 0.0359. The molecule has 1 aliphatic rings. The van der Waals surface area contributed by atoms with Gasteiger partial charge in [-0.15, -0.1) is 0 Å². The van der Waals surface area contributed by atoms with E-state index < -0.39 is 5.97 Å². The van der Waals surface area contributed by atoms with Crippen LogP contribution in [0.25, 0.3) is 0 Å². The van der Waals surface area contributed by atoms with Gasteiger partial charge in [0.15, 0.2) is 0 Å². The predicted octanol–water partition coefficient (Wildman–Crippen LogP) is 4.49. The zero-order valence-corrected chi connectivity index (χ0v) is 17.6. The average Bonchev–Trinajstić information content (AvgIpc) is 2.53. The highest BCUT2D eigenvalue weighted by atomic mass is 16.5. The third-order valence-corrected chi connectivity index (χ3v) is 6.32. The van der Waals surface area contributed by atoms with Crippen LogP contribution in [0.3, 0.4) is 0 Å². The largest absolute Gasteiger partial charge is 0.481 e. The Balaban J connectivity index is 2.59. The number of carbonyl (C=O) groups excluding carboxylic acids is 1. The number of unbranched alkanes of at least 4 members (excludes halogenated alkanes) is 4. The minimum atomic E-state index is -0.719. The van der Waals surface area contributed by atoms with Crippen LogP contribution in [0.5, 0.6) is 0 Å². The van der Waals surface area contributed by atoms with E-state index in [-0.39, 0.29) is 29.4 Å². The molecule has 1 N–H and O–H groups in total. The first kappa shape index (κ1) is 22.9. The molecule has 1 saturated heterocycles. The van der Waals surface area contributed by atoms with Gasteiger partial charge in [0.2, 0.25) is 0 Å². The molecule has 5 nitrogen and oxygen atoms in total. The molecule has 152 valence electrons. The summed E-state index contributed by atoms with van der Waals surface area (Å²) >= 11 is 0. The summed E-state index contributed by atoms with van der Waals surface area (Å²) in [6.07, 6.45) is 7.90. The number of carbonyl (C=O) groups is 2. The molecule has 5 heteroatoms. The fourth-order valence-corrected chi connectivity index (χ4v) is 4.60. The summed E-state index contributed by atoms with van der Waals surface area (Å²) in [5.41, 5.74) is 0.130. The lowest BCUT2D eigenvalue weighted by Gasteiger charge is -2.54. The van der Waals surface area contributed by atoms with Gasteiger partial charge in [-0.2, -0.15) is 0 Å². The van der Waals surface area contributed by atoms with Crippen molar-refractivity contribution in [3.63, 3.8) is 0 Å². The Bertz CT molecular complexity index is 455. The highest BCUT2D eigenvalue weighted by Crippen LogP contribution is 2.44. The van der Waals surface area contributed by atoms with Crippen LogP contribution in [-0.4, -0.2) is 47.2 Å². The highest BCUT2D eigenvalue weighted by Gasteiger charge is 2.46. The number of carboxylic acids is 1. The van der Waals surface area contributed by atoms with E-state index in [0.717, 1.165) is 51.4 Å². The molecule has 0 unspecified atom stereocenters. The van der Waals surface area contributed by atoms with Crippen molar-refractivity contribution in [1.29, 1.82) is 0 Å². The van der Waals surface area contributed by atoms with Crippen molar-refractivity contribution < 1.29 is 19.4 Å². The molecule has 0 radical (unpaired) electrons. The van der Waals surface area contributed by atoms with Crippen molar-refractivity contribution in [2.75, 3.05) is 14.2 Å². The Morgan fingerprint density at radius 3 is 2.04 bits per heavy atom. The Labute approximate surface area is 159 Å². The van der Waals surface area contributed by atoms with Crippen molar-refractivity contribution in [2.45, 2.75) is 96.6 Å². The second-order valence-corrected chi connectivity index (χ2v) is 9.18. The molecule has 0 bridgehead atoms. The SMILES string of the molecule is COC(=O)[C@H](CCCCCCCC(=O)O)C1CC(C)(C)N(C)C(C)(C)C1. The van der Waals surface area contributed by atoms with E-state index >= 15 is 0 Å². The standard InChI is InChI=1S/C21H39NO4/c1-20(2)14-16(15-21(3,4)22(20)5)17(19(25)26-6)12-10-8-7-9-11-13-18(23)24/h16-17H,7-15H2,1-6H3,(H,23,24)/t17-/m1/s1. The lowest BCUT2D eigenvalue weighted by atomic mass is 9.68. The third-order valence-electron chi connectivity index (χ3n) is 6.32. The van der Waals surface area contributed by atoms with Gasteiger partial charge in [-0.05, 0) is 66.3 Å². The maximum absolute atomic E-state index is 12.5. The summed E-state index contributed by atoms with van der Waals surface area (Å²) in [6, 6.07) is 0. The van der Waals surface area contributed by atoms with Gasteiger partial charge in [0.1, 0.15) is 0 Å². The lowest BCUT2D eigenvalue weighted by Crippen LogP contribution is -2.59. The lowest BCUT2D eigenvalue weighted by molar-refractivity contribution is -0.151. The minimum Gasteiger partial charge on any atom is -0.481 e. The second-order valence-electron chi connectivity index (χ2n) is 9.18. The third kappa shape index (κ3) is 6.57. The van der Waals surface area contributed by atoms with E-state index in [1.165, 1.54) is 7.11 Å². The maximum atomic E-state index is 12.5. The van der Waals surface area contributed by atoms with Gasteiger partial charge in [-0.1, -0.05) is 25.7 Å². The fourth-order valence-electron chi connectivity index (χ4n) is 4.60. The monoisotopic (exact) mass is 369 g/mol. The number of hydrogen-bond acceptors (Lipinski definition) is 4. The summed E-state index contributed by atoms with van der Waals surface area (Å²) in [5, 5.41) is 8.67. The van der Waals surface area contributed by atoms with E-state index in [2.05, 4.69) is 39.6 Å². The highest BCUT2D eigenvalue weighted by molar-refractivity contribution is 5.72. The number of methoxy groups -OCH3 is 1. The molecule has 1 fully saturated rings. The van der Waals surface area contributed by atoms with Crippen LogP contribution >= 0.6 is 0 Å². The molecule has 0 spiro atoms. The number of piperidine rings is 1. The smallest absolute Gasteiger partial charge is 0.308 e. The fraction of sp³-hybridized carbons (Fsp3) is 0.905. The van der Waals surface area contributed by atoms with Crippen molar-refractivity contribution >= 4 is 11.9 Å². The Hall–Kier alpha value is -1.10. The first-order valence-electron chi connectivity index (χ1n) is 10.0. The Morgan fingerprint density at radius 1 is 1.04 bits per heavy atom. The molecule has 0 aliphatic carbocycles. The molecule has 0 aromatic carbocycles. The molecule has 0 aromatic heterocycles. The Kier molecular flexibility index (Phi) is 8.58. The van der Waals surface area contributed by atoms with E-state index in [4.69, 9.17) is 9.84 Å². The predicted molar refractivity (Wildman–Crippen MR) is 104 cm³/mol. The van der Waals surface area contributed by atoms with Crippen LogP contribution in [0, 0.1) is 11.8 Å². The van der Waals surface area contributed by atoms with Gasteiger partial charge in [0, 0.05) is 17.5 Å². The van der Waals surface area contributed by atoms with E-state index in [0.29, 0.717) is 5.92 Å². The van der Waals surface area contributed by atoms with E-state index in [1.807, 2.05) is 0 Å². The molecule has 1 rings (SSSR count). The first-order valence-corrected chi connectivity index (χ1v) is 10.0. The number of carboxylic acid groups (broad SMARTS) is 1. The van der Waals surface area contributed by atoms with Crippen molar-refractivity contribution in [1.82, 2.24) is 4.90 Å². The summed E-state index contributed by atoms with van der Waals surface area (Å²) < 4.78 is 5.13. The van der Waals surface area contributed by atoms with Gasteiger partial charge in [-0.25, -0.2) is 0 Å². The van der Waals surface area contributed by atoms with E-state index in [1.54, 1.807) is 0 Å². The topological polar surface area (TPSA) is 66.8 Å². The molecule has 26 heavy (non-hydrogen) atoms. The summed E-state index contributed by atoms with van der Waals surface area (Å²) in [4.78, 5) is 25.4. The molecule has 0 aromatic rings. The quantitative estimate of drug-likeness (QED) is 0.454. The van der Waals surface area contributed by atoms with Crippen molar-refractivity contribution in [3.05, 3.63) is 0 Å². The normalized spacial score (nSPS) is 21.3. The zero-order chi connectivity index (χ0) is 20.0. The van der Waals surface area contributed by atoms with Crippen LogP contribution in [0.15, 0.2) is 0 Å². The van der Waals surface area contributed by atoms with Gasteiger partial charge < -0.3 is 9.84 Å². The molecule has 0 saturated carbocycles. The molecule has 1 aliphatic heterocycles.